The van der Waals surface area contributed by atoms with Crippen LogP contribution in [-0.2, 0) is 0 Å². The summed E-state index contributed by atoms with van der Waals surface area (Å²) in [5, 5.41) is 1.26. The Morgan fingerprint density at radius 1 is 0.846 bits per heavy atom. The average Bonchev–Trinajstić information content (AvgIpc) is 3.16. The number of para-hydroxylation sites is 1. The van der Waals surface area contributed by atoms with E-state index >= 15 is 0 Å². The Morgan fingerprint density at radius 2 is 1.49 bits per heavy atom. The Hall–Kier alpha value is -2.80. The number of hydrogen-bond donors (Lipinski definition) is 0. The van der Waals surface area contributed by atoms with Crippen LogP contribution < -0.4 is 14.4 Å². The summed E-state index contributed by atoms with van der Waals surface area (Å²) in [6.45, 7) is 6.55. The zero-order valence-corrected chi connectivity index (χ0v) is 26.1. The highest BCUT2D eigenvalue weighted by Gasteiger charge is 2.25. The van der Waals surface area contributed by atoms with Crippen LogP contribution in [0.4, 0.5) is 11.5 Å². The van der Waals surface area contributed by atoms with Crippen molar-refractivity contribution in [3.8, 4) is 5.69 Å². The van der Waals surface area contributed by atoms with Gasteiger partial charge in [-0.05, 0) is 54.5 Å². The van der Waals surface area contributed by atoms with Crippen molar-refractivity contribution in [3.63, 3.8) is 0 Å². The first-order valence-corrected chi connectivity index (χ1v) is 14.9. The lowest BCUT2D eigenvalue weighted by atomic mass is 10.2. The van der Waals surface area contributed by atoms with Crippen molar-refractivity contribution in [2.45, 2.75) is 24.7 Å². The predicted octanol–water partition coefficient (Wildman–Crippen LogP) is 5.81. The van der Waals surface area contributed by atoms with E-state index in [1.165, 1.54) is 38.2 Å². The van der Waals surface area contributed by atoms with E-state index in [2.05, 4.69) is 144 Å². The maximum Gasteiger partial charge on any atom is 0.282 e. The fourth-order valence-corrected chi connectivity index (χ4v) is 6.09. The molecule has 0 spiro atoms. The molecule has 0 fully saturated rings. The van der Waals surface area contributed by atoms with Crippen LogP contribution in [0.2, 0.25) is 0 Å². The number of aromatic nitrogens is 1. The SMILES string of the molecule is Cc1ccc2c(c1)N(C)C(=Cc1cc[n+](-c3ccccc3)c(N(CCC[N+](C)(C)C)CCC[N+](C)(C)C)c1)S2. The molecule has 0 saturated heterocycles. The largest absolute Gasteiger partial charge is 0.338 e. The summed E-state index contributed by atoms with van der Waals surface area (Å²) in [7, 11) is 15.9. The molecule has 1 aliphatic rings. The fourth-order valence-electron chi connectivity index (χ4n) is 5.00. The van der Waals surface area contributed by atoms with E-state index in [0.29, 0.717) is 0 Å². The van der Waals surface area contributed by atoms with E-state index in [4.69, 9.17) is 0 Å². The van der Waals surface area contributed by atoms with Gasteiger partial charge in [0, 0.05) is 30.9 Å². The highest BCUT2D eigenvalue weighted by Crippen LogP contribution is 2.46. The molecule has 6 heteroatoms. The Balaban J connectivity index is 1.70. The minimum absolute atomic E-state index is 0.987. The van der Waals surface area contributed by atoms with Gasteiger partial charge in [-0.2, -0.15) is 0 Å². The summed E-state index contributed by atoms with van der Waals surface area (Å²) in [4.78, 5) is 6.27. The number of quaternary nitrogens is 2. The maximum absolute atomic E-state index is 2.62. The number of hydrogen-bond acceptors (Lipinski definition) is 3. The summed E-state index contributed by atoms with van der Waals surface area (Å²) in [6, 6.07) is 22.1. The summed E-state index contributed by atoms with van der Waals surface area (Å²) in [5.41, 5.74) is 5.03. The molecule has 1 aliphatic heterocycles. The number of anilines is 2. The van der Waals surface area contributed by atoms with Crippen molar-refractivity contribution in [3.05, 3.63) is 83.0 Å². The highest BCUT2D eigenvalue weighted by atomic mass is 32.2. The third-order valence-electron chi connectivity index (χ3n) is 7.14. The quantitative estimate of drug-likeness (QED) is 0.222. The van der Waals surface area contributed by atoms with E-state index in [1.54, 1.807) is 0 Å². The third-order valence-corrected chi connectivity index (χ3v) is 8.31. The molecule has 0 aliphatic carbocycles. The molecule has 0 amide bonds. The van der Waals surface area contributed by atoms with Crippen LogP contribution in [0.25, 0.3) is 11.8 Å². The van der Waals surface area contributed by atoms with Crippen molar-refractivity contribution < 1.29 is 13.5 Å². The van der Waals surface area contributed by atoms with Gasteiger partial charge in [-0.25, -0.2) is 4.57 Å². The van der Waals surface area contributed by atoms with Crippen LogP contribution in [0.15, 0.2) is 76.8 Å². The van der Waals surface area contributed by atoms with Crippen LogP contribution in [0.1, 0.15) is 24.0 Å². The number of aryl methyl sites for hydroxylation is 1. The van der Waals surface area contributed by atoms with Gasteiger partial charge in [-0.1, -0.05) is 36.0 Å². The van der Waals surface area contributed by atoms with Crippen LogP contribution >= 0.6 is 11.8 Å². The van der Waals surface area contributed by atoms with Crippen molar-refractivity contribution in [1.29, 1.82) is 0 Å². The van der Waals surface area contributed by atoms with Crippen molar-refractivity contribution in [2.75, 3.05) is 85.3 Å². The Bertz CT molecular complexity index is 1270. The molecule has 2 heterocycles. The molecule has 0 atom stereocenters. The number of thioether (sulfide) groups is 1. The minimum Gasteiger partial charge on any atom is -0.338 e. The monoisotopic (exact) mass is 546 g/mol. The second-order valence-electron chi connectivity index (χ2n) is 12.9. The lowest BCUT2D eigenvalue weighted by Gasteiger charge is -2.27. The molecule has 0 N–H and O–H groups in total. The molecule has 4 rings (SSSR count). The van der Waals surface area contributed by atoms with Gasteiger partial charge in [0.05, 0.1) is 85.4 Å². The number of fused-ring (bicyclic) bond motifs is 1. The standard InChI is InChI=1S/C33H48N5S/c1-27-16-17-31-30(24-27)34(2)33(39-31)26-28-18-21-36(29-14-10-9-11-15-29)32(25-28)35(19-12-22-37(3,4)5)20-13-23-38(6,7)8/h9-11,14-18,21,24-26H,12-13,19-20,22-23H2,1-8H3/q+3. The molecule has 39 heavy (non-hydrogen) atoms. The van der Waals surface area contributed by atoms with Gasteiger partial charge >= 0.3 is 0 Å². The number of nitrogens with zero attached hydrogens (tertiary/aromatic N) is 5. The Labute approximate surface area is 241 Å². The van der Waals surface area contributed by atoms with Crippen molar-refractivity contribution in [2.24, 2.45) is 0 Å². The lowest BCUT2D eigenvalue weighted by molar-refractivity contribution is -0.870. The maximum atomic E-state index is 2.62. The van der Waals surface area contributed by atoms with Gasteiger partial charge in [0.15, 0.2) is 0 Å². The van der Waals surface area contributed by atoms with Gasteiger partial charge in [0.1, 0.15) is 5.69 Å². The smallest absolute Gasteiger partial charge is 0.282 e. The van der Waals surface area contributed by atoms with Crippen molar-refractivity contribution >= 4 is 29.3 Å². The number of benzene rings is 2. The fraction of sp³-hybridized carbons (Fsp3) is 0.424. The third kappa shape index (κ3) is 8.10. The van der Waals surface area contributed by atoms with E-state index in [9.17, 15) is 0 Å². The van der Waals surface area contributed by atoms with E-state index in [1.807, 2.05) is 11.8 Å². The molecular weight excluding hydrogens is 498 g/mol. The summed E-state index contributed by atoms with van der Waals surface area (Å²) in [5.74, 6) is 1.26. The van der Waals surface area contributed by atoms with Gasteiger partial charge in [-0.15, -0.1) is 0 Å². The van der Waals surface area contributed by atoms with Gasteiger partial charge in [-0.3, -0.25) is 4.90 Å². The zero-order valence-electron chi connectivity index (χ0n) is 25.3. The second kappa shape index (κ2) is 12.2. The zero-order chi connectivity index (χ0) is 28.2. The molecule has 2 aromatic carbocycles. The van der Waals surface area contributed by atoms with E-state index < -0.39 is 0 Å². The van der Waals surface area contributed by atoms with Gasteiger partial charge < -0.3 is 13.9 Å². The molecule has 0 radical (unpaired) electrons. The molecule has 3 aromatic rings. The Kier molecular flexibility index (Phi) is 9.10. The predicted molar refractivity (Wildman–Crippen MR) is 169 cm³/mol. The first-order chi connectivity index (χ1) is 18.4. The van der Waals surface area contributed by atoms with Crippen molar-refractivity contribution in [1.82, 2.24) is 0 Å². The number of rotatable bonds is 11. The minimum atomic E-state index is 0.987. The molecular formula is C33H48N5S+3. The second-order valence-corrected chi connectivity index (χ2v) is 13.9. The van der Waals surface area contributed by atoms with Crippen LogP contribution in [0, 0.1) is 6.92 Å². The van der Waals surface area contributed by atoms with Crippen LogP contribution in [0.5, 0.6) is 0 Å². The normalized spacial score (nSPS) is 14.7. The average molecular weight is 547 g/mol. The summed E-state index contributed by atoms with van der Waals surface area (Å²) >= 11 is 1.86. The molecule has 0 unspecified atom stereocenters. The van der Waals surface area contributed by atoms with Crippen LogP contribution in [-0.4, -0.2) is 84.5 Å². The van der Waals surface area contributed by atoms with Crippen LogP contribution in [0.3, 0.4) is 0 Å². The first-order valence-electron chi connectivity index (χ1n) is 14.1. The molecule has 0 saturated carbocycles. The Morgan fingerprint density at radius 3 is 2.10 bits per heavy atom. The molecule has 208 valence electrons. The molecule has 0 bridgehead atoms. The topological polar surface area (TPSA) is 10.4 Å². The lowest BCUT2D eigenvalue weighted by Crippen LogP contribution is -2.44. The highest BCUT2D eigenvalue weighted by molar-refractivity contribution is 8.03. The van der Waals surface area contributed by atoms with E-state index in [-0.39, 0.29) is 0 Å². The van der Waals surface area contributed by atoms with Gasteiger partial charge in [0.2, 0.25) is 0 Å². The summed E-state index contributed by atoms with van der Waals surface area (Å²) in [6.07, 6.45) is 6.90. The first kappa shape index (κ1) is 29.2. The molecule has 5 nitrogen and oxygen atoms in total. The summed E-state index contributed by atoms with van der Waals surface area (Å²) < 4.78 is 4.34. The van der Waals surface area contributed by atoms with Gasteiger partial charge in [0.25, 0.3) is 5.82 Å². The molecule has 1 aromatic heterocycles. The number of pyridine rings is 1. The van der Waals surface area contributed by atoms with E-state index in [0.717, 1.165) is 48.0 Å².